The zero-order valence-electron chi connectivity index (χ0n) is 10.6. The summed E-state index contributed by atoms with van der Waals surface area (Å²) >= 11 is 0. The summed E-state index contributed by atoms with van der Waals surface area (Å²) in [4.78, 5) is 0. The van der Waals surface area contributed by atoms with E-state index in [2.05, 4.69) is 18.9 Å². The van der Waals surface area contributed by atoms with Gasteiger partial charge in [-0.2, -0.15) is 5.10 Å². The van der Waals surface area contributed by atoms with Crippen LogP contribution in [-0.4, -0.2) is 22.0 Å². The van der Waals surface area contributed by atoms with Gasteiger partial charge in [0.05, 0.1) is 13.3 Å². The Morgan fingerprint density at radius 3 is 2.44 bits per heavy atom. The highest BCUT2D eigenvalue weighted by Gasteiger charge is 2.25. The maximum Gasteiger partial charge on any atom is 0.162 e. The number of hydrogen-bond acceptors (Lipinski definition) is 3. The first kappa shape index (κ1) is 13.0. The second kappa shape index (κ2) is 5.89. The van der Waals surface area contributed by atoms with Crippen LogP contribution in [0.2, 0.25) is 0 Å². The summed E-state index contributed by atoms with van der Waals surface area (Å²) in [6, 6.07) is 0. The lowest BCUT2D eigenvalue weighted by Gasteiger charge is -2.21. The monoisotopic (exact) mass is 226 g/mol. The van der Waals surface area contributed by atoms with Crippen LogP contribution in [0.25, 0.3) is 0 Å². The largest absolute Gasteiger partial charge is 0.493 e. The molecule has 1 heterocycles. The van der Waals surface area contributed by atoms with Crippen LogP contribution in [0.3, 0.4) is 0 Å². The molecule has 0 amide bonds. The molecular formula is C12H22N2O2. The van der Waals surface area contributed by atoms with Crippen molar-refractivity contribution in [3.8, 4) is 5.75 Å². The maximum atomic E-state index is 10.4. The Bertz CT molecular complexity index is 297. The number of aromatic nitrogens is 2. The fourth-order valence-electron chi connectivity index (χ4n) is 2.04. The van der Waals surface area contributed by atoms with Gasteiger partial charge >= 0.3 is 0 Å². The van der Waals surface area contributed by atoms with E-state index < -0.39 is 6.10 Å². The normalized spacial score (nSPS) is 13.1. The van der Waals surface area contributed by atoms with E-state index in [1.54, 1.807) is 13.3 Å². The Morgan fingerprint density at radius 2 is 2.00 bits per heavy atom. The molecule has 0 spiro atoms. The molecule has 1 aromatic rings. The number of ether oxygens (including phenoxy) is 1. The summed E-state index contributed by atoms with van der Waals surface area (Å²) in [7, 11) is 1.61. The lowest BCUT2D eigenvalue weighted by atomic mass is 9.94. The van der Waals surface area contributed by atoms with Gasteiger partial charge in [-0.25, -0.2) is 0 Å². The molecule has 1 N–H and O–H groups in total. The summed E-state index contributed by atoms with van der Waals surface area (Å²) in [6.07, 6.45) is 3.09. The molecule has 1 unspecified atom stereocenters. The van der Waals surface area contributed by atoms with Crippen molar-refractivity contribution in [1.29, 1.82) is 0 Å². The first-order valence-electron chi connectivity index (χ1n) is 5.97. The molecule has 1 atom stereocenters. The van der Waals surface area contributed by atoms with Crippen molar-refractivity contribution < 1.29 is 9.84 Å². The van der Waals surface area contributed by atoms with Gasteiger partial charge in [-0.3, -0.25) is 4.68 Å². The van der Waals surface area contributed by atoms with Gasteiger partial charge in [0, 0.05) is 6.54 Å². The van der Waals surface area contributed by atoms with Crippen molar-refractivity contribution >= 4 is 0 Å². The van der Waals surface area contributed by atoms with Crippen molar-refractivity contribution in [1.82, 2.24) is 9.78 Å². The van der Waals surface area contributed by atoms with Gasteiger partial charge in [0.2, 0.25) is 0 Å². The zero-order valence-corrected chi connectivity index (χ0v) is 10.6. The van der Waals surface area contributed by atoms with E-state index in [1.807, 2.05) is 11.6 Å². The van der Waals surface area contributed by atoms with Gasteiger partial charge in [-0.15, -0.1) is 0 Å². The van der Waals surface area contributed by atoms with E-state index in [0.717, 1.165) is 25.1 Å². The summed E-state index contributed by atoms with van der Waals surface area (Å²) < 4.78 is 7.05. The Hall–Kier alpha value is -1.03. The van der Waals surface area contributed by atoms with Gasteiger partial charge < -0.3 is 9.84 Å². The number of hydrogen-bond donors (Lipinski definition) is 1. The van der Waals surface area contributed by atoms with E-state index >= 15 is 0 Å². The van der Waals surface area contributed by atoms with Crippen LogP contribution in [0.15, 0.2) is 6.20 Å². The van der Waals surface area contributed by atoms with Gasteiger partial charge in [0.15, 0.2) is 5.75 Å². The minimum Gasteiger partial charge on any atom is -0.493 e. The molecular weight excluding hydrogens is 204 g/mol. The predicted molar refractivity (Wildman–Crippen MR) is 63.5 cm³/mol. The van der Waals surface area contributed by atoms with Crippen LogP contribution >= 0.6 is 0 Å². The number of aliphatic hydroxyl groups is 1. The van der Waals surface area contributed by atoms with Crippen LogP contribution in [0, 0.1) is 5.92 Å². The third-order valence-electron chi connectivity index (χ3n) is 3.14. The molecule has 0 aliphatic heterocycles. The summed E-state index contributed by atoms with van der Waals surface area (Å²) in [5.41, 5.74) is 0.804. The second-order valence-corrected chi connectivity index (χ2v) is 3.94. The van der Waals surface area contributed by atoms with E-state index in [1.165, 1.54) is 0 Å². The van der Waals surface area contributed by atoms with Crippen molar-refractivity contribution in [3.05, 3.63) is 11.9 Å². The average Bonchev–Trinajstić information content (AvgIpc) is 2.72. The highest BCUT2D eigenvalue weighted by atomic mass is 16.5. The Kier molecular flexibility index (Phi) is 4.80. The summed E-state index contributed by atoms with van der Waals surface area (Å²) in [6.45, 7) is 6.94. The molecule has 0 radical (unpaired) electrons. The quantitative estimate of drug-likeness (QED) is 0.810. The Morgan fingerprint density at radius 1 is 1.38 bits per heavy atom. The SMILES string of the molecule is CCC(CC)C(O)c1c(OC)cnn1CC. The van der Waals surface area contributed by atoms with Crippen molar-refractivity contribution in [2.24, 2.45) is 5.92 Å². The molecule has 0 aliphatic carbocycles. The van der Waals surface area contributed by atoms with E-state index in [-0.39, 0.29) is 5.92 Å². The Labute approximate surface area is 97.2 Å². The van der Waals surface area contributed by atoms with Crippen LogP contribution in [0.5, 0.6) is 5.75 Å². The van der Waals surface area contributed by atoms with E-state index in [0.29, 0.717) is 5.75 Å². The lowest BCUT2D eigenvalue weighted by Crippen LogP contribution is -2.16. The minimum absolute atomic E-state index is 0.260. The van der Waals surface area contributed by atoms with Crippen LogP contribution in [0.4, 0.5) is 0 Å². The average molecular weight is 226 g/mol. The lowest BCUT2D eigenvalue weighted by molar-refractivity contribution is 0.0915. The van der Waals surface area contributed by atoms with Crippen molar-refractivity contribution in [2.75, 3.05) is 7.11 Å². The van der Waals surface area contributed by atoms with Crippen LogP contribution < -0.4 is 4.74 Å². The highest BCUT2D eigenvalue weighted by Crippen LogP contribution is 2.33. The maximum absolute atomic E-state index is 10.4. The molecule has 16 heavy (non-hydrogen) atoms. The first-order valence-corrected chi connectivity index (χ1v) is 5.97. The second-order valence-electron chi connectivity index (χ2n) is 3.94. The van der Waals surface area contributed by atoms with Crippen molar-refractivity contribution in [2.45, 2.75) is 46.3 Å². The number of aliphatic hydroxyl groups excluding tert-OH is 1. The highest BCUT2D eigenvalue weighted by molar-refractivity contribution is 5.27. The number of aryl methyl sites for hydroxylation is 1. The Balaban J connectivity index is 3.03. The van der Waals surface area contributed by atoms with Crippen LogP contribution in [0.1, 0.15) is 45.4 Å². The van der Waals surface area contributed by atoms with Gasteiger partial charge in [0.25, 0.3) is 0 Å². The van der Waals surface area contributed by atoms with Gasteiger partial charge in [0.1, 0.15) is 11.8 Å². The molecule has 1 aromatic heterocycles. The van der Waals surface area contributed by atoms with Crippen LogP contribution in [-0.2, 0) is 6.54 Å². The topological polar surface area (TPSA) is 47.3 Å². The zero-order chi connectivity index (χ0) is 12.1. The first-order chi connectivity index (χ1) is 7.69. The molecule has 0 bridgehead atoms. The molecule has 0 saturated heterocycles. The standard InChI is InChI=1S/C12H22N2O2/c1-5-9(6-2)12(15)11-10(16-4)8-13-14(11)7-3/h8-9,12,15H,5-7H2,1-4H3. The van der Waals surface area contributed by atoms with Crippen molar-refractivity contribution in [3.63, 3.8) is 0 Å². The number of methoxy groups -OCH3 is 1. The third-order valence-corrected chi connectivity index (χ3v) is 3.14. The summed E-state index contributed by atoms with van der Waals surface area (Å²) in [5, 5.41) is 14.6. The molecule has 0 aliphatic rings. The minimum atomic E-state index is -0.493. The molecule has 0 aromatic carbocycles. The van der Waals surface area contributed by atoms with E-state index in [9.17, 15) is 5.11 Å². The molecule has 0 saturated carbocycles. The summed E-state index contributed by atoms with van der Waals surface area (Å²) in [5.74, 6) is 0.942. The molecule has 1 rings (SSSR count). The van der Waals surface area contributed by atoms with Gasteiger partial charge in [-0.1, -0.05) is 26.7 Å². The number of rotatable bonds is 6. The molecule has 92 valence electrons. The van der Waals surface area contributed by atoms with Gasteiger partial charge in [-0.05, 0) is 12.8 Å². The fourth-order valence-corrected chi connectivity index (χ4v) is 2.04. The smallest absolute Gasteiger partial charge is 0.162 e. The number of nitrogens with zero attached hydrogens (tertiary/aromatic N) is 2. The molecule has 0 fully saturated rings. The predicted octanol–water partition coefficient (Wildman–Crippen LogP) is 2.38. The third kappa shape index (κ3) is 2.38. The molecule has 4 nitrogen and oxygen atoms in total. The fraction of sp³-hybridized carbons (Fsp3) is 0.750. The van der Waals surface area contributed by atoms with E-state index in [4.69, 9.17) is 4.74 Å². The molecule has 4 heteroatoms.